The highest BCUT2D eigenvalue weighted by Crippen LogP contribution is 2.20. The van der Waals surface area contributed by atoms with Crippen molar-refractivity contribution in [3.63, 3.8) is 0 Å². The van der Waals surface area contributed by atoms with Crippen LogP contribution in [0.5, 0.6) is 0 Å². The van der Waals surface area contributed by atoms with Crippen LogP contribution in [-0.4, -0.2) is 24.6 Å². The largest absolute Gasteiger partial charge is 0.494 e. The van der Waals surface area contributed by atoms with Crippen molar-refractivity contribution in [1.82, 2.24) is 5.32 Å². The van der Waals surface area contributed by atoms with Gasteiger partial charge in [0.25, 0.3) is 11.6 Å². The maximum atomic E-state index is 11.5. The topological polar surface area (TPSA) is 72.5 Å². The number of ether oxygens (including phenoxy) is 1. The third-order valence-electron chi connectivity index (χ3n) is 2.35. The number of carbonyl (C=O) groups is 3. The van der Waals surface area contributed by atoms with E-state index in [-0.39, 0.29) is 11.5 Å². The van der Waals surface area contributed by atoms with Gasteiger partial charge in [0, 0.05) is 5.56 Å². The van der Waals surface area contributed by atoms with Gasteiger partial charge in [-0.15, -0.1) is 0 Å². The molecule has 0 unspecified atom stereocenters. The molecule has 1 amide bonds. The highest BCUT2D eigenvalue weighted by molar-refractivity contribution is 6.71. The molecule has 5 heteroatoms. The lowest BCUT2D eigenvalue weighted by Gasteiger charge is -2.08. The summed E-state index contributed by atoms with van der Waals surface area (Å²) in [5, 5.41) is 2.22. The number of Topliss-reactive ketones (excluding diaryl/α,β-unsaturated/α-hetero) is 2. The minimum absolute atomic E-state index is 0.103. The fourth-order valence-electron chi connectivity index (χ4n) is 1.56. The number of amides is 1. The first-order chi connectivity index (χ1) is 8.15. The van der Waals surface area contributed by atoms with Gasteiger partial charge >= 0.3 is 5.91 Å². The molecule has 0 radical (unpaired) electrons. The Balaban J connectivity index is 2.53. The SMILES string of the molecule is CO/C(=C1\NC(=O)C(=O)C1=O)c1ccccc1. The molecule has 0 spiro atoms. The van der Waals surface area contributed by atoms with Gasteiger partial charge in [-0.3, -0.25) is 14.4 Å². The summed E-state index contributed by atoms with van der Waals surface area (Å²) in [7, 11) is 1.37. The molecule has 0 aromatic heterocycles. The number of allylic oxidation sites excluding steroid dienone is 1. The van der Waals surface area contributed by atoms with E-state index in [1.54, 1.807) is 24.3 Å². The van der Waals surface area contributed by atoms with E-state index in [9.17, 15) is 14.4 Å². The van der Waals surface area contributed by atoms with Gasteiger partial charge in [0.05, 0.1) is 7.11 Å². The van der Waals surface area contributed by atoms with Crippen LogP contribution >= 0.6 is 0 Å². The van der Waals surface area contributed by atoms with E-state index in [0.29, 0.717) is 5.56 Å². The maximum absolute atomic E-state index is 11.5. The molecule has 1 fully saturated rings. The number of hydrogen-bond donors (Lipinski definition) is 1. The molecule has 1 saturated heterocycles. The average molecular weight is 231 g/mol. The molecule has 0 aliphatic carbocycles. The van der Waals surface area contributed by atoms with E-state index in [0.717, 1.165) is 0 Å². The predicted octanol–water partition coefficient (Wildman–Crippen LogP) is 0.270. The molecule has 0 atom stereocenters. The zero-order valence-corrected chi connectivity index (χ0v) is 9.02. The van der Waals surface area contributed by atoms with E-state index in [1.165, 1.54) is 7.11 Å². The molecule has 1 aliphatic rings. The number of methoxy groups -OCH3 is 1. The zero-order valence-electron chi connectivity index (χ0n) is 9.02. The summed E-state index contributed by atoms with van der Waals surface area (Å²) >= 11 is 0. The minimum Gasteiger partial charge on any atom is -0.494 e. The summed E-state index contributed by atoms with van der Waals surface area (Å²) in [4.78, 5) is 33.7. The van der Waals surface area contributed by atoms with Crippen molar-refractivity contribution in [3.8, 4) is 0 Å². The standard InChI is InChI=1S/C12H9NO4/c1-17-11(7-5-3-2-4-6-7)8-9(14)10(15)12(16)13-8/h2-6H,1H3,(H,13,16)/b11-8-. The van der Waals surface area contributed by atoms with Crippen molar-refractivity contribution in [3.05, 3.63) is 41.6 Å². The first-order valence-corrected chi connectivity index (χ1v) is 4.89. The third-order valence-corrected chi connectivity index (χ3v) is 2.35. The number of hydrogen-bond acceptors (Lipinski definition) is 4. The van der Waals surface area contributed by atoms with Gasteiger partial charge in [-0.1, -0.05) is 30.3 Å². The third kappa shape index (κ3) is 1.82. The molecular weight excluding hydrogens is 222 g/mol. The van der Waals surface area contributed by atoms with E-state index in [2.05, 4.69) is 5.32 Å². The van der Waals surface area contributed by atoms with Crippen molar-refractivity contribution in [2.45, 2.75) is 0 Å². The van der Waals surface area contributed by atoms with Gasteiger partial charge in [0.2, 0.25) is 0 Å². The molecule has 0 bridgehead atoms. The summed E-state index contributed by atoms with van der Waals surface area (Å²) in [6.07, 6.45) is 0. The maximum Gasteiger partial charge on any atom is 0.300 e. The lowest BCUT2D eigenvalue weighted by molar-refractivity contribution is -0.140. The molecule has 1 aromatic carbocycles. The predicted molar refractivity (Wildman–Crippen MR) is 58.5 cm³/mol. The first-order valence-electron chi connectivity index (χ1n) is 4.89. The Morgan fingerprint density at radius 3 is 2.18 bits per heavy atom. The second kappa shape index (κ2) is 4.21. The number of rotatable bonds is 2. The molecule has 5 nitrogen and oxygen atoms in total. The highest BCUT2D eigenvalue weighted by atomic mass is 16.5. The average Bonchev–Trinajstić information content (AvgIpc) is 2.60. The second-order valence-electron chi connectivity index (χ2n) is 3.39. The molecule has 0 saturated carbocycles. The van der Waals surface area contributed by atoms with E-state index < -0.39 is 17.5 Å². The van der Waals surface area contributed by atoms with Gasteiger partial charge < -0.3 is 10.1 Å². The summed E-state index contributed by atoms with van der Waals surface area (Å²) in [6, 6.07) is 8.76. The van der Waals surface area contributed by atoms with Crippen LogP contribution in [0.1, 0.15) is 5.56 Å². The van der Waals surface area contributed by atoms with Crippen LogP contribution in [0.3, 0.4) is 0 Å². The normalized spacial score (nSPS) is 18.1. The molecule has 17 heavy (non-hydrogen) atoms. The van der Waals surface area contributed by atoms with Crippen molar-refractivity contribution in [2.24, 2.45) is 0 Å². The van der Waals surface area contributed by atoms with Crippen molar-refractivity contribution < 1.29 is 19.1 Å². The lowest BCUT2D eigenvalue weighted by atomic mass is 10.1. The minimum atomic E-state index is -1.06. The molecule has 1 aliphatic heterocycles. The van der Waals surface area contributed by atoms with Crippen LogP contribution < -0.4 is 5.32 Å². The Labute approximate surface area is 97.1 Å². The van der Waals surface area contributed by atoms with Gasteiger partial charge in [-0.2, -0.15) is 0 Å². The molecular formula is C12H9NO4. The fourth-order valence-corrected chi connectivity index (χ4v) is 1.56. The highest BCUT2D eigenvalue weighted by Gasteiger charge is 2.38. The monoisotopic (exact) mass is 231 g/mol. The fraction of sp³-hybridized carbons (Fsp3) is 0.0833. The Morgan fingerprint density at radius 1 is 1.06 bits per heavy atom. The van der Waals surface area contributed by atoms with Gasteiger partial charge in [0.15, 0.2) is 5.76 Å². The molecule has 1 aromatic rings. The number of ketones is 2. The van der Waals surface area contributed by atoms with E-state index in [1.807, 2.05) is 6.07 Å². The van der Waals surface area contributed by atoms with Crippen LogP contribution in [0.2, 0.25) is 0 Å². The number of benzene rings is 1. The summed E-state index contributed by atoms with van der Waals surface area (Å²) in [5.74, 6) is -2.66. The number of nitrogens with one attached hydrogen (secondary N) is 1. The zero-order chi connectivity index (χ0) is 12.4. The smallest absolute Gasteiger partial charge is 0.300 e. The van der Waals surface area contributed by atoms with Crippen molar-refractivity contribution in [1.29, 1.82) is 0 Å². The van der Waals surface area contributed by atoms with Crippen LogP contribution in [0.4, 0.5) is 0 Å². The Morgan fingerprint density at radius 2 is 1.71 bits per heavy atom. The van der Waals surface area contributed by atoms with E-state index in [4.69, 9.17) is 4.74 Å². The van der Waals surface area contributed by atoms with Crippen LogP contribution in [0.15, 0.2) is 36.0 Å². The molecule has 86 valence electrons. The Kier molecular flexibility index (Phi) is 2.74. The van der Waals surface area contributed by atoms with Crippen molar-refractivity contribution in [2.75, 3.05) is 7.11 Å². The van der Waals surface area contributed by atoms with Gasteiger partial charge in [-0.05, 0) is 0 Å². The first kappa shape index (κ1) is 11.1. The quantitative estimate of drug-likeness (QED) is 0.450. The van der Waals surface area contributed by atoms with Crippen LogP contribution in [0, 0.1) is 0 Å². The second-order valence-corrected chi connectivity index (χ2v) is 3.39. The Bertz CT molecular complexity index is 531. The van der Waals surface area contributed by atoms with Crippen molar-refractivity contribution >= 4 is 23.2 Å². The molecule has 1 N–H and O–H groups in total. The van der Waals surface area contributed by atoms with Crippen LogP contribution in [0.25, 0.3) is 5.76 Å². The summed E-state index contributed by atoms with van der Waals surface area (Å²) in [5.41, 5.74) is 0.516. The van der Waals surface area contributed by atoms with Crippen LogP contribution in [-0.2, 0) is 19.1 Å². The number of carbonyl (C=O) groups excluding carboxylic acids is 3. The summed E-state index contributed by atoms with van der Waals surface area (Å²) < 4.78 is 5.08. The lowest BCUT2D eigenvalue weighted by Crippen LogP contribution is -2.18. The van der Waals surface area contributed by atoms with Gasteiger partial charge in [0.1, 0.15) is 5.70 Å². The molecule has 1 heterocycles. The summed E-state index contributed by atoms with van der Waals surface area (Å²) in [6.45, 7) is 0. The van der Waals surface area contributed by atoms with Gasteiger partial charge in [-0.25, -0.2) is 0 Å². The molecule has 2 rings (SSSR count). The Hall–Kier alpha value is -2.43. The van der Waals surface area contributed by atoms with E-state index >= 15 is 0 Å².